The van der Waals surface area contributed by atoms with Gasteiger partial charge in [0.2, 0.25) is 5.88 Å². The third kappa shape index (κ3) is 3.94. The molecule has 0 bridgehead atoms. The van der Waals surface area contributed by atoms with Crippen molar-refractivity contribution in [1.82, 2.24) is 9.97 Å². The number of amidine groups is 1. The maximum absolute atomic E-state index is 14.7. The third-order valence-electron chi connectivity index (χ3n) is 5.47. The molecule has 0 spiro atoms. The van der Waals surface area contributed by atoms with Gasteiger partial charge in [0.05, 0.1) is 25.3 Å². The fourth-order valence-electron chi connectivity index (χ4n) is 3.23. The lowest BCUT2D eigenvalue weighted by Gasteiger charge is -2.39. The number of halogens is 3. The highest BCUT2D eigenvalue weighted by Gasteiger charge is 2.56. The van der Waals surface area contributed by atoms with Gasteiger partial charge in [-0.15, -0.1) is 0 Å². The smallest absolute Gasteiger partial charge is 0.268 e. The Bertz CT molecular complexity index is 1180. The largest absolute Gasteiger partial charge is 0.480 e. The average Bonchev–Trinajstić information content (AvgIpc) is 2.73. The standard InChI is InChI=1S/C20H21F3N4O4S/c1-19(2)18(24)27-20(17(22)23,10-32(19,29)30)12-6-11(4-5-13(12)21)7-15(28)14-8-26-16(31-3)9-25-14/h4-6,8-9,17H,7,10H2,1-3H3,(H2,24,27)/t20-/m0/s1. The van der Waals surface area contributed by atoms with E-state index in [2.05, 4.69) is 15.0 Å². The van der Waals surface area contributed by atoms with Gasteiger partial charge in [0.25, 0.3) is 6.43 Å². The molecule has 0 unspecified atom stereocenters. The molecule has 0 saturated heterocycles. The summed E-state index contributed by atoms with van der Waals surface area (Å²) in [6.45, 7) is 2.50. The van der Waals surface area contributed by atoms with Gasteiger partial charge in [-0.05, 0) is 31.5 Å². The fraction of sp³-hybridized carbons (Fsp3) is 0.400. The summed E-state index contributed by atoms with van der Waals surface area (Å²) in [7, 11) is -2.83. The second-order valence-corrected chi connectivity index (χ2v) is 10.4. The molecule has 0 saturated carbocycles. The number of Topliss-reactive ketones (excluding diaryl/α,β-unsaturated/α-hetero) is 1. The van der Waals surface area contributed by atoms with Crippen molar-refractivity contribution in [1.29, 1.82) is 0 Å². The number of rotatable bonds is 6. The van der Waals surface area contributed by atoms with Crippen molar-refractivity contribution < 1.29 is 31.1 Å². The second-order valence-electron chi connectivity index (χ2n) is 7.85. The monoisotopic (exact) mass is 470 g/mol. The molecule has 1 aromatic carbocycles. The number of nitrogens with zero attached hydrogens (tertiary/aromatic N) is 3. The van der Waals surface area contributed by atoms with Gasteiger partial charge in [-0.25, -0.2) is 31.6 Å². The van der Waals surface area contributed by atoms with Gasteiger partial charge in [0.1, 0.15) is 22.1 Å². The molecule has 0 aliphatic carbocycles. The van der Waals surface area contributed by atoms with Crippen LogP contribution in [0.5, 0.6) is 5.88 Å². The van der Waals surface area contributed by atoms with Gasteiger partial charge in [-0.1, -0.05) is 6.07 Å². The van der Waals surface area contributed by atoms with E-state index in [0.717, 1.165) is 12.1 Å². The normalized spacial score (nSPS) is 21.8. The Hall–Kier alpha value is -3.02. The van der Waals surface area contributed by atoms with E-state index in [9.17, 15) is 26.4 Å². The number of carbonyl (C=O) groups is 1. The number of aliphatic imine (C=N–C) groups is 1. The van der Waals surface area contributed by atoms with Crippen LogP contribution in [0.25, 0.3) is 0 Å². The Kier molecular flexibility index (Phi) is 6.02. The van der Waals surface area contributed by atoms with Crippen LogP contribution in [-0.2, 0) is 21.8 Å². The zero-order valence-corrected chi connectivity index (χ0v) is 18.3. The molecule has 1 aromatic heterocycles. The van der Waals surface area contributed by atoms with Crippen LogP contribution in [0, 0.1) is 5.82 Å². The number of alkyl halides is 2. The molecular formula is C20H21F3N4O4S. The van der Waals surface area contributed by atoms with Crippen LogP contribution in [0.2, 0.25) is 0 Å². The lowest BCUT2D eigenvalue weighted by Crippen LogP contribution is -2.57. The van der Waals surface area contributed by atoms with Crippen LogP contribution >= 0.6 is 0 Å². The van der Waals surface area contributed by atoms with E-state index in [-0.39, 0.29) is 23.6 Å². The van der Waals surface area contributed by atoms with E-state index in [1.54, 1.807) is 0 Å². The van der Waals surface area contributed by atoms with Gasteiger partial charge >= 0.3 is 0 Å². The van der Waals surface area contributed by atoms with E-state index in [1.165, 1.54) is 39.4 Å². The molecule has 0 amide bonds. The van der Waals surface area contributed by atoms with Gasteiger partial charge < -0.3 is 10.5 Å². The molecular weight excluding hydrogens is 449 g/mol. The number of methoxy groups -OCH3 is 1. The SMILES string of the molecule is COc1cnc(C(=O)Cc2ccc(F)c([C@]3(C(F)F)CS(=O)(=O)C(C)(C)C(N)=N3)c2)cn1. The molecule has 2 heterocycles. The number of hydrogen-bond donors (Lipinski definition) is 1. The quantitative estimate of drug-likeness (QED) is 0.641. The first-order chi connectivity index (χ1) is 14.8. The van der Waals surface area contributed by atoms with Crippen molar-refractivity contribution in [3.05, 3.63) is 53.2 Å². The zero-order valence-electron chi connectivity index (χ0n) is 17.5. The summed E-state index contributed by atoms with van der Waals surface area (Å²) in [5.74, 6) is -3.08. The first-order valence-electron chi connectivity index (χ1n) is 9.38. The Morgan fingerprint density at radius 1 is 1.25 bits per heavy atom. The Morgan fingerprint density at radius 2 is 1.94 bits per heavy atom. The van der Waals surface area contributed by atoms with Crippen molar-refractivity contribution in [3.63, 3.8) is 0 Å². The molecule has 1 aliphatic rings. The van der Waals surface area contributed by atoms with Gasteiger partial charge in [-0.2, -0.15) is 0 Å². The van der Waals surface area contributed by atoms with Crippen LogP contribution in [0.15, 0.2) is 35.6 Å². The number of benzene rings is 1. The lowest BCUT2D eigenvalue weighted by molar-refractivity contribution is 0.0621. The Morgan fingerprint density at radius 3 is 2.47 bits per heavy atom. The van der Waals surface area contributed by atoms with E-state index < -0.39 is 55.3 Å². The third-order valence-corrected chi connectivity index (χ3v) is 8.05. The molecule has 8 nitrogen and oxygen atoms in total. The minimum Gasteiger partial charge on any atom is -0.480 e. The van der Waals surface area contributed by atoms with Crippen molar-refractivity contribution in [2.24, 2.45) is 10.7 Å². The summed E-state index contributed by atoms with van der Waals surface area (Å²) in [5, 5.41) is 0. The highest BCUT2D eigenvalue weighted by molar-refractivity contribution is 7.93. The van der Waals surface area contributed by atoms with E-state index in [4.69, 9.17) is 10.5 Å². The summed E-state index contributed by atoms with van der Waals surface area (Å²) >= 11 is 0. The molecule has 1 aliphatic heterocycles. The molecule has 2 aromatic rings. The van der Waals surface area contributed by atoms with Crippen molar-refractivity contribution in [2.75, 3.05) is 12.9 Å². The number of sulfone groups is 1. The number of ketones is 1. The van der Waals surface area contributed by atoms with E-state index >= 15 is 0 Å². The lowest BCUT2D eigenvalue weighted by atomic mass is 9.89. The average molecular weight is 470 g/mol. The van der Waals surface area contributed by atoms with Gasteiger partial charge in [0.15, 0.2) is 21.2 Å². The highest BCUT2D eigenvalue weighted by Crippen LogP contribution is 2.42. The predicted octanol–water partition coefficient (Wildman–Crippen LogP) is 2.07. The van der Waals surface area contributed by atoms with E-state index in [0.29, 0.717) is 0 Å². The molecule has 1 atom stereocenters. The minimum absolute atomic E-state index is 0.00972. The van der Waals surface area contributed by atoms with E-state index in [1.807, 2.05) is 0 Å². The number of ether oxygens (including phenoxy) is 1. The van der Waals surface area contributed by atoms with Crippen LogP contribution in [-0.4, -0.2) is 54.0 Å². The van der Waals surface area contributed by atoms with Gasteiger partial charge in [-0.3, -0.25) is 9.79 Å². The summed E-state index contributed by atoms with van der Waals surface area (Å²) in [6, 6.07) is 3.14. The maximum Gasteiger partial charge on any atom is 0.268 e. The van der Waals surface area contributed by atoms with Crippen molar-refractivity contribution in [2.45, 2.75) is 37.0 Å². The van der Waals surface area contributed by atoms with Crippen LogP contribution in [0.4, 0.5) is 13.2 Å². The van der Waals surface area contributed by atoms with Crippen molar-refractivity contribution >= 4 is 21.5 Å². The summed E-state index contributed by atoms with van der Waals surface area (Å²) in [6.07, 6.45) is -1.26. The predicted molar refractivity (Wildman–Crippen MR) is 110 cm³/mol. The molecule has 12 heteroatoms. The number of carbonyl (C=O) groups excluding carboxylic acids is 1. The molecule has 32 heavy (non-hydrogen) atoms. The Balaban J connectivity index is 2.05. The summed E-state index contributed by atoms with van der Waals surface area (Å²) in [5.41, 5.74) is 2.51. The molecule has 3 rings (SSSR count). The number of nitrogens with two attached hydrogens (primary N) is 1. The number of aromatic nitrogens is 2. The molecule has 0 fully saturated rings. The summed E-state index contributed by atoms with van der Waals surface area (Å²) in [4.78, 5) is 24.1. The zero-order chi connectivity index (χ0) is 23.9. The maximum atomic E-state index is 14.7. The van der Waals surface area contributed by atoms with Crippen molar-refractivity contribution in [3.8, 4) is 5.88 Å². The first-order valence-corrected chi connectivity index (χ1v) is 11.0. The van der Waals surface area contributed by atoms with Crippen LogP contribution < -0.4 is 10.5 Å². The molecule has 172 valence electrons. The van der Waals surface area contributed by atoms with Crippen LogP contribution in [0.3, 0.4) is 0 Å². The van der Waals surface area contributed by atoms with Gasteiger partial charge in [0, 0.05) is 12.0 Å². The first kappa shape index (κ1) is 23.6. The molecule has 2 N–H and O–H groups in total. The highest BCUT2D eigenvalue weighted by atomic mass is 32.2. The topological polar surface area (TPSA) is 125 Å². The minimum atomic E-state index is -4.21. The van der Waals surface area contributed by atoms with Crippen LogP contribution in [0.1, 0.15) is 35.5 Å². The fourth-order valence-corrected chi connectivity index (χ4v) is 4.88. The Labute approximate surface area is 182 Å². The summed E-state index contributed by atoms with van der Waals surface area (Å²) < 4.78 is 71.8. The number of hydrogen-bond acceptors (Lipinski definition) is 8. The molecule has 0 radical (unpaired) electrons. The second kappa shape index (κ2) is 8.15.